The van der Waals surface area contributed by atoms with Gasteiger partial charge in [0.15, 0.2) is 5.65 Å². The smallest absolute Gasteiger partial charge is 0.346 e. The van der Waals surface area contributed by atoms with E-state index in [1.54, 1.807) is 9.90 Å². The SMILES string of the molecule is Cc1cc(Oc2csc(C(=O)O)c2)n2ncnc2c1. The van der Waals surface area contributed by atoms with E-state index in [1.807, 2.05) is 19.1 Å². The van der Waals surface area contributed by atoms with Gasteiger partial charge in [0.2, 0.25) is 5.88 Å². The zero-order valence-corrected chi connectivity index (χ0v) is 10.7. The number of pyridine rings is 1. The molecule has 0 aliphatic rings. The van der Waals surface area contributed by atoms with Gasteiger partial charge in [-0.15, -0.1) is 11.3 Å². The van der Waals surface area contributed by atoms with Crippen LogP contribution in [0.1, 0.15) is 15.2 Å². The van der Waals surface area contributed by atoms with Crippen LogP contribution in [-0.2, 0) is 0 Å². The number of aryl methyl sites for hydroxylation is 1. The topological polar surface area (TPSA) is 76.7 Å². The molecule has 3 rings (SSSR count). The second-order valence-corrected chi connectivity index (χ2v) is 4.87. The second-order valence-electron chi connectivity index (χ2n) is 3.95. The predicted molar refractivity (Wildman–Crippen MR) is 69.1 cm³/mol. The Kier molecular flexibility index (Phi) is 2.68. The van der Waals surface area contributed by atoms with Gasteiger partial charge >= 0.3 is 5.97 Å². The maximum atomic E-state index is 10.8. The molecule has 0 fully saturated rings. The number of hydrogen-bond acceptors (Lipinski definition) is 5. The average molecular weight is 275 g/mol. The molecule has 0 amide bonds. The van der Waals surface area contributed by atoms with Gasteiger partial charge in [0, 0.05) is 17.5 Å². The molecule has 0 atom stereocenters. The van der Waals surface area contributed by atoms with Gasteiger partial charge in [0.1, 0.15) is 17.0 Å². The Morgan fingerprint density at radius 3 is 3.00 bits per heavy atom. The normalized spacial score (nSPS) is 10.8. The summed E-state index contributed by atoms with van der Waals surface area (Å²) in [5, 5.41) is 14.6. The van der Waals surface area contributed by atoms with Gasteiger partial charge in [0.05, 0.1) is 0 Å². The highest BCUT2D eigenvalue weighted by molar-refractivity contribution is 7.12. The molecule has 3 aromatic rings. The molecule has 0 aliphatic heterocycles. The Balaban J connectivity index is 2.00. The van der Waals surface area contributed by atoms with Crippen LogP contribution in [0.4, 0.5) is 0 Å². The predicted octanol–water partition coefficient (Wildman–Crippen LogP) is 2.59. The number of hydrogen-bond donors (Lipinski definition) is 1. The summed E-state index contributed by atoms with van der Waals surface area (Å²) in [6.45, 7) is 1.93. The van der Waals surface area contributed by atoms with Crippen LogP contribution in [-0.4, -0.2) is 25.7 Å². The number of aromatic carboxylic acids is 1. The highest BCUT2D eigenvalue weighted by Crippen LogP contribution is 2.27. The molecule has 1 N–H and O–H groups in total. The fourth-order valence-corrected chi connectivity index (χ4v) is 2.34. The maximum Gasteiger partial charge on any atom is 0.346 e. The molecule has 0 unspecified atom stereocenters. The Hall–Kier alpha value is -2.41. The molecule has 96 valence electrons. The number of ether oxygens (including phenoxy) is 1. The van der Waals surface area contributed by atoms with E-state index in [1.165, 1.54) is 12.4 Å². The summed E-state index contributed by atoms with van der Waals surface area (Å²) in [6.07, 6.45) is 1.44. The first kappa shape index (κ1) is 11.7. The van der Waals surface area contributed by atoms with E-state index in [0.717, 1.165) is 16.9 Å². The zero-order chi connectivity index (χ0) is 13.4. The van der Waals surface area contributed by atoms with Crippen molar-refractivity contribution in [2.75, 3.05) is 0 Å². The van der Waals surface area contributed by atoms with Crippen molar-refractivity contribution in [2.45, 2.75) is 6.92 Å². The van der Waals surface area contributed by atoms with Gasteiger partial charge in [0.25, 0.3) is 0 Å². The quantitative estimate of drug-likeness (QED) is 0.795. The van der Waals surface area contributed by atoms with Crippen molar-refractivity contribution in [1.29, 1.82) is 0 Å². The Bertz CT molecular complexity index is 763. The highest BCUT2D eigenvalue weighted by atomic mass is 32.1. The van der Waals surface area contributed by atoms with Gasteiger partial charge in [-0.05, 0) is 18.6 Å². The molecule has 0 spiro atoms. The molecule has 0 bridgehead atoms. The first-order chi connectivity index (χ1) is 9.13. The van der Waals surface area contributed by atoms with E-state index in [4.69, 9.17) is 9.84 Å². The second kappa shape index (κ2) is 4.36. The van der Waals surface area contributed by atoms with Gasteiger partial charge in [-0.2, -0.15) is 9.61 Å². The molecule has 0 aliphatic carbocycles. The molecule has 3 heterocycles. The number of nitrogens with zero attached hydrogens (tertiary/aromatic N) is 3. The van der Waals surface area contributed by atoms with Crippen LogP contribution in [0, 0.1) is 6.92 Å². The third kappa shape index (κ3) is 2.15. The molecule has 0 radical (unpaired) electrons. The molecule has 0 saturated carbocycles. The van der Waals surface area contributed by atoms with E-state index in [2.05, 4.69) is 10.1 Å². The van der Waals surface area contributed by atoms with Crippen LogP contribution in [0.15, 0.2) is 29.9 Å². The lowest BCUT2D eigenvalue weighted by atomic mass is 10.3. The van der Waals surface area contributed by atoms with Crippen LogP contribution in [0.5, 0.6) is 11.6 Å². The number of carboxylic acids is 1. The van der Waals surface area contributed by atoms with Crippen LogP contribution >= 0.6 is 11.3 Å². The van der Waals surface area contributed by atoms with Crippen LogP contribution in [0.25, 0.3) is 5.65 Å². The van der Waals surface area contributed by atoms with Crippen LogP contribution in [0.3, 0.4) is 0 Å². The minimum atomic E-state index is -0.963. The highest BCUT2D eigenvalue weighted by Gasteiger charge is 2.11. The van der Waals surface area contributed by atoms with Crippen molar-refractivity contribution in [1.82, 2.24) is 14.6 Å². The Morgan fingerprint density at radius 2 is 2.26 bits per heavy atom. The minimum Gasteiger partial charge on any atom is -0.477 e. The zero-order valence-electron chi connectivity index (χ0n) is 9.90. The van der Waals surface area contributed by atoms with Crippen molar-refractivity contribution in [3.8, 4) is 11.6 Å². The number of carbonyl (C=O) groups is 1. The monoisotopic (exact) mass is 275 g/mol. The molecule has 19 heavy (non-hydrogen) atoms. The van der Waals surface area contributed by atoms with Crippen LogP contribution in [0.2, 0.25) is 0 Å². The third-order valence-corrected chi connectivity index (χ3v) is 3.40. The molecule has 3 aromatic heterocycles. The standard InChI is InChI=1S/C12H9N3O3S/c1-7-2-10-13-6-14-15(10)11(3-7)18-8-4-9(12(16)17)19-5-8/h2-6H,1H3,(H,16,17). The van der Waals surface area contributed by atoms with Crippen molar-refractivity contribution < 1.29 is 14.6 Å². The van der Waals surface area contributed by atoms with Gasteiger partial charge in [-0.25, -0.2) is 9.78 Å². The number of fused-ring (bicyclic) bond motifs is 1. The van der Waals surface area contributed by atoms with E-state index in [0.29, 0.717) is 17.3 Å². The third-order valence-electron chi connectivity index (χ3n) is 2.50. The van der Waals surface area contributed by atoms with E-state index >= 15 is 0 Å². The Labute approximate surface area is 111 Å². The van der Waals surface area contributed by atoms with E-state index < -0.39 is 5.97 Å². The largest absolute Gasteiger partial charge is 0.477 e. The van der Waals surface area contributed by atoms with Gasteiger partial charge < -0.3 is 9.84 Å². The summed E-state index contributed by atoms with van der Waals surface area (Å²) in [6, 6.07) is 5.19. The lowest BCUT2D eigenvalue weighted by Crippen LogP contribution is -1.96. The lowest BCUT2D eigenvalue weighted by molar-refractivity contribution is 0.0702. The molecular weight excluding hydrogens is 266 g/mol. The molecule has 0 aromatic carbocycles. The fraction of sp³-hybridized carbons (Fsp3) is 0.0833. The number of thiophene rings is 1. The molecule has 6 nitrogen and oxygen atoms in total. The van der Waals surface area contributed by atoms with Crippen molar-refractivity contribution >= 4 is 23.0 Å². The molecule has 0 saturated heterocycles. The summed E-state index contributed by atoms with van der Waals surface area (Å²) in [5.74, 6) is 0.0158. The first-order valence-electron chi connectivity index (χ1n) is 5.43. The fourth-order valence-electron chi connectivity index (χ4n) is 1.70. The summed E-state index contributed by atoms with van der Waals surface area (Å²) >= 11 is 1.12. The summed E-state index contributed by atoms with van der Waals surface area (Å²) in [4.78, 5) is 15.1. The van der Waals surface area contributed by atoms with Gasteiger partial charge in [-0.1, -0.05) is 0 Å². The summed E-state index contributed by atoms with van der Waals surface area (Å²) in [7, 11) is 0. The van der Waals surface area contributed by atoms with Crippen molar-refractivity contribution in [3.05, 3.63) is 40.3 Å². The number of aromatic nitrogens is 3. The van der Waals surface area contributed by atoms with Gasteiger partial charge in [-0.3, -0.25) is 0 Å². The van der Waals surface area contributed by atoms with E-state index in [9.17, 15) is 4.79 Å². The Morgan fingerprint density at radius 1 is 1.42 bits per heavy atom. The lowest BCUT2D eigenvalue weighted by Gasteiger charge is -2.06. The van der Waals surface area contributed by atoms with Crippen molar-refractivity contribution in [2.24, 2.45) is 0 Å². The minimum absolute atomic E-state index is 0.234. The van der Waals surface area contributed by atoms with E-state index in [-0.39, 0.29) is 4.88 Å². The summed E-state index contributed by atoms with van der Waals surface area (Å²) < 4.78 is 7.23. The number of rotatable bonds is 3. The first-order valence-corrected chi connectivity index (χ1v) is 6.31. The van der Waals surface area contributed by atoms with Crippen molar-refractivity contribution in [3.63, 3.8) is 0 Å². The number of carboxylic acid groups (broad SMARTS) is 1. The molecular formula is C12H9N3O3S. The maximum absolute atomic E-state index is 10.8. The van der Waals surface area contributed by atoms with Crippen LogP contribution < -0.4 is 4.74 Å². The summed E-state index contributed by atoms with van der Waals surface area (Å²) in [5.41, 5.74) is 1.67. The molecule has 7 heteroatoms. The average Bonchev–Trinajstić information content (AvgIpc) is 2.96.